The van der Waals surface area contributed by atoms with Crippen LogP contribution in [0.15, 0.2) is 42.5 Å². The van der Waals surface area contributed by atoms with Crippen molar-refractivity contribution in [1.29, 1.82) is 0 Å². The van der Waals surface area contributed by atoms with Gasteiger partial charge >= 0.3 is 0 Å². The summed E-state index contributed by atoms with van der Waals surface area (Å²) in [4.78, 5) is 23.8. The quantitative estimate of drug-likeness (QED) is 0.748. The molecular weight excluding hydrogens is 371 g/mol. The molecule has 5 nitrogen and oxygen atoms in total. The van der Waals surface area contributed by atoms with Crippen molar-refractivity contribution in [3.63, 3.8) is 0 Å². The summed E-state index contributed by atoms with van der Waals surface area (Å²) in [7, 11) is 0. The first-order valence-corrected chi connectivity index (χ1v) is 9.08. The van der Waals surface area contributed by atoms with E-state index in [0.29, 0.717) is 5.75 Å². The molecule has 142 valence electrons. The highest BCUT2D eigenvalue weighted by Gasteiger charge is 2.29. The van der Waals surface area contributed by atoms with Crippen LogP contribution in [0.3, 0.4) is 0 Å². The molecule has 0 spiro atoms. The smallest absolute Gasteiger partial charge is 0.258 e. The second-order valence-electron chi connectivity index (χ2n) is 6.54. The Labute approximate surface area is 161 Å². The van der Waals surface area contributed by atoms with Gasteiger partial charge < -0.3 is 15.4 Å². The SMILES string of the molecule is CC(NC(=O)COc1ccc(F)c(Cl)c1)c1ccc(NC(=O)C2CC2)cc1. The van der Waals surface area contributed by atoms with E-state index in [2.05, 4.69) is 10.6 Å². The number of halogens is 2. The number of ether oxygens (including phenoxy) is 1. The Hall–Kier alpha value is -2.60. The van der Waals surface area contributed by atoms with Gasteiger partial charge in [0.2, 0.25) is 5.91 Å². The number of rotatable bonds is 7. The molecule has 0 bridgehead atoms. The summed E-state index contributed by atoms with van der Waals surface area (Å²) < 4.78 is 18.4. The lowest BCUT2D eigenvalue weighted by Crippen LogP contribution is -2.31. The first kappa shape index (κ1) is 19.2. The predicted molar refractivity (Wildman–Crippen MR) is 101 cm³/mol. The van der Waals surface area contributed by atoms with Gasteiger partial charge in [-0.2, -0.15) is 0 Å². The number of hydrogen-bond donors (Lipinski definition) is 2. The molecule has 7 heteroatoms. The minimum Gasteiger partial charge on any atom is -0.484 e. The van der Waals surface area contributed by atoms with E-state index in [1.807, 2.05) is 31.2 Å². The zero-order valence-corrected chi connectivity index (χ0v) is 15.6. The zero-order valence-electron chi connectivity index (χ0n) is 14.8. The lowest BCUT2D eigenvalue weighted by atomic mass is 10.1. The summed E-state index contributed by atoms with van der Waals surface area (Å²) in [6, 6.07) is 11.0. The van der Waals surface area contributed by atoms with E-state index in [1.54, 1.807) is 0 Å². The number of anilines is 1. The van der Waals surface area contributed by atoms with Crippen molar-refractivity contribution in [2.24, 2.45) is 5.92 Å². The molecule has 0 radical (unpaired) electrons. The molecule has 1 fully saturated rings. The number of benzene rings is 2. The van der Waals surface area contributed by atoms with E-state index in [1.165, 1.54) is 18.2 Å². The predicted octanol–water partition coefficient (Wildman–Crippen LogP) is 4.08. The van der Waals surface area contributed by atoms with Gasteiger partial charge in [0.1, 0.15) is 11.6 Å². The van der Waals surface area contributed by atoms with Gasteiger partial charge in [-0.1, -0.05) is 23.7 Å². The van der Waals surface area contributed by atoms with E-state index in [-0.39, 0.29) is 35.4 Å². The molecule has 0 aliphatic heterocycles. The summed E-state index contributed by atoms with van der Waals surface area (Å²) in [5, 5.41) is 5.64. The maximum absolute atomic E-state index is 13.1. The van der Waals surface area contributed by atoms with E-state index < -0.39 is 5.82 Å². The van der Waals surface area contributed by atoms with Gasteiger partial charge in [0.05, 0.1) is 11.1 Å². The summed E-state index contributed by atoms with van der Waals surface area (Å²) >= 11 is 5.68. The third kappa shape index (κ3) is 5.44. The first-order chi connectivity index (χ1) is 12.9. The number of nitrogens with one attached hydrogen (secondary N) is 2. The van der Waals surface area contributed by atoms with Crippen LogP contribution in [0.5, 0.6) is 5.75 Å². The monoisotopic (exact) mass is 390 g/mol. The second-order valence-corrected chi connectivity index (χ2v) is 6.95. The molecule has 0 aromatic heterocycles. The van der Waals surface area contributed by atoms with Crippen molar-refractivity contribution in [2.75, 3.05) is 11.9 Å². The van der Waals surface area contributed by atoms with Crippen molar-refractivity contribution in [1.82, 2.24) is 5.32 Å². The van der Waals surface area contributed by atoms with Crippen LogP contribution in [0.1, 0.15) is 31.4 Å². The lowest BCUT2D eigenvalue weighted by Gasteiger charge is -2.15. The lowest BCUT2D eigenvalue weighted by molar-refractivity contribution is -0.123. The molecule has 1 aliphatic rings. The zero-order chi connectivity index (χ0) is 19.4. The molecule has 3 rings (SSSR count). The molecule has 2 aromatic carbocycles. The maximum atomic E-state index is 13.1. The third-order valence-corrected chi connectivity index (χ3v) is 4.55. The van der Waals surface area contributed by atoms with Crippen LogP contribution in [0.2, 0.25) is 5.02 Å². The Morgan fingerprint density at radius 1 is 1.22 bits per heavy atom. The van der Waals surface area contributed by atoms with Crippen LogP contribution < -0.4 is 15.4 Å². The molecule has 1 atom stereocenters. The molecular formula is C20H20ClFN2O3. The second kappa shape index (κ2) is 8.39. The van der Waals surface area contributed by atoms with E-state index >= 15 is 0 Å². The molecule has 1 saturated carbocycles. The van der Waals surface area contributed by atoms with Gasteiger partial charge in [-0.25, -0.2) is 4.39 Å². The van der Waals surface area contributed by atoms with Crippen LogP contribution in [0, 0.1) is 11.7 Å². The number of carbonyl (C=O) groups is 2. The number of carbonyl (C=O) groups excluding carboxylic acids is 2. The topological polar surface area (TPSA) is 67.4 Å². The van der Waals surface area contributed by atoms with Crippen LogP contribution >= 0.6 is 11.6 Å². The largest absolute Gasteiger partial charge is 0.484 e. The number of hydrogen-bond acceptors (Lipinski definition) is 3. The normalized spacial score (nSPS) is 14.3. The highest BCUT2D eigenvalue weighted by Crippen LogP contribution is 2.30. The first-order valence-electron chi connectivity index (χ1n) is 8.70. The fourth-order valence-electron chi connectivity index (χ4n) is 2.53. The van der Waals surface area contributed by atoms with Crippen LogP contribution in [-0.2, 0) is 9.59 Å². The third-order valence-electron chi connectivity index (χ3n) is 4.26. The Balaban J connectivity index is 1.48. The average Bonchev–Trinajstić information content (AvgIpc) is 3.48. The molecule has 2 aromatic rings. The van der Waals surface area contributed by atoms with Crippen molar-refractivity contribution >= 4 is 29.1 Å². The molecule has 1 aliphatic carbocycles. The minimum atomic E-state index is -0.543. The highest BCUT2D eigenvalue weighted by atomic mass is 35.5. The van der Waals surface area contributed by atoms with E-state index in [9.17, 15) is 14.0 Å². The van der Waals surface area contributed by atoms with Crippen LogP contribution in [0.4, 0.5) is 10.1 Å². The summed E-state index contributed by atoms with van der Waals surface area (Å²) in [6.45, 7) is 1.65. The minimum absolute atomic E-state index is 0.0575. The van der Waals surface area contributed by atoms with E-state index in [0.717, 1.165) is 24.1 Å². The van der Waals surface area contributed by atoms with Gasteiger partial charge in [-0.3, -0.25) is 9.59 Å². The van der Waals surface area contributed by atoms with Crippen molar-refractivity contribution in [2.45, 2.75) is 25.8 Å². The standard InChI is InChI=1S/C20H20ClFN2O3/c1-12(13-4-6-15(7-5-13)24-20(26)14-2-3-14)23-19(25)11-27-16-8-9-18(22)17(21)10-16/h4-10,12,14H,2-3,11H2,1H3,(H,23,25)(H,24,26). The van der Waals surface area contributed by atoms with Gasteiger partial charge in [-0.15, -0.1) is 0 Å². The molecule has 27 heavy (non-hydrogen) atoms. The molecule has 0 saturated heterocycles. The molecule has 2 amide bonds. The average molecular weight is 391 g/mol. The molecule has 2 N–H and O–H groups in total. The summed E-state index contributed by atoms with van der Waals surface area (Å²) in [6.07, 6.45) is 1.92. The Morgan fingerprint density at radius 3 is 2.56 bits per heavy atom. The van der Waals surface area contributed by atoms with Gasteiger partial charge in [0.25, 0.3) is 5.91 Å². The highest BCUT2D eigenvalue weighted by molar-refractivity contribution is 6.30. The van der Waals surface area contributed by atoms with Crippen molar-refractivity contribution in [3.8, 4) is 5.75 Å². The Morgan fingerprint density at radius 2 is 1.93 bits per heavy atom. The number of amides is 2. The van der Waals surface area contributed by atoms with Crippen molar-refractivity contribution < 1.29 is 18.7 Å². The van der Waals surface area contributed by atoms with Gasteiger partial charge in [0.15, 0.2) is 6.61 Å². The fourth-order valence-corrected chi connectivity index (χ4v) is 2.70. The maximum Gasteiger partial charge on any atom is 0.258 e. The van der Waals surface area contributed by atoms with Gasteiger partial charge in [-0.05, 0) is 49.6 Å². The summed E-state index contributed by atoms with van der Waals surface area (Å²) in [5.41, 5.74) is 1.64. The fraction of sp³-hybridized carbons (Fsp3) is 0.300. The van der Waals surface area contributed by atoms with E-state index in [4.69, 9.17) is 16.3 Å². The van der Waals surface area contributed by atoms with Crippen molar-refractivity contribution in [3.05, 3.63) is 58.9 Å². The molecule has 1 unspecified atom stereocenters. The summed E-state index contributed by atoms with van der Waals surface area (Å²) in [5.74, 6) is -0.325. The Bertz CT molecular complexity index is 838. The Kier molecular flexibility index (Phi) is 5.96. The van der Waals surface area contributed by atoms with Gasteiger partial charge in [0, 0.05) is 17.7 Å². The van der Waals surface area contributed by atoms with Crippen LogP contribution in [0.25, 0.3) is 0 Å². The molecule has 0 heterocycles. The van der Waals surface area contributed by atoms with Crippen LogP contribution in [-0.4, -0.2) is 18.4 Å².